The van der Waals surface area contributed by atoms with Crippen molar-refractivity contribution in [3.8, 4) is 11.6 Å². The third-order valence-corrected chi connectivity index (χ3v) is 13.6. The molecule has 3 fully saturated rings. The standard InChI is InChI=1S/C37H46FN5O9S/c1-21-8-3-4-9-23-18-37(23,34(46)42-53(49,50)36(20-38)13-14-36)41-31(44)28-17-24(19-43(28)33(45)29(22(2)16-21)40-35(47)48)52-32-26-11-6-5-10-25(26)30-27(39-32)12-7-15-51-30/h4-6,9-11,21-24,28-29,40H,3,7-8,12-20H2,1-2H3,(H,41,44)(H,42,46)(H,47,48)/t21-,22+,23+,24+,28-,29-,37+/m0/s1. The molecule has 5 aliphatic rings. The summed E-state index contributed by atoms with van der Waals surface area (Å²) < 4.78 is 52.9. The van der Waals surface area contributed by atoms with Crippen molar-refractivity contribution in [3.63, 3.8) is 0 Å². The smallest absolute Gasteiger partial charge is 0.405 e. The number of aryl methyl sites for hydroxylation is 1. The lowest BCUT2D eigenvalue weighted by Crippen LogP contribution is -2.59. The SMILES string of the molecule is C[C@H]1CCC=C[C@@H]2C[C@@]2(C(=O)NS(=O)(=O)C2(CF)CC2)NC(=O)[C@@H]2C[C@@H](Oc3nc4c(c5ccccc35)OCCC4)CN2C(=O)[C@@H](NC(=O)O)[C@H](C)C1. The number of carboxylic acid groups (broad SMARTS) is 1. The maximum atomic E-state index is 14.4. The van der Waals surface area contributed by atoms with E-state index in [2.05, 4.69) is 15.4 Å². The number of hydrogen-bond acceptors (Lipinski definition) is 9. The predicted octanol–water partition coefficient (Wildman–Crippen LogP) is 3.38. The van der Waals surface area contributed by atoms with Crippen molar-refractivity contribution in [2.45, 2.75) is 100 Å². The van der Waals surface area contributed by atoms with E-state index >= 15 is 0 Å². The lowest BCUT2D eigenvalue weighted by molar-refractivity contribution is -0.142. The van der Waals surface area contributed by atoms with Crippen LogP contribution in [0.5, 0.6) is 11.6 Å². The molecule has 3 aliphatic heterocycles. The van der Waals surface area contributed by atoms with Gasteiger partial charge in [-0.25, -0.2) is 22.6 Å². The molecule has 0 spiro atoms. The minimum absolute atomic E-state index is 0.0206. The summed E-state index contributed by atoms with van der Waals surface area (Å²) in [6.07, 6.45) is 5.06. The lowest BCUT2D eigenvalue weighted by Gasteiger charge is -2.32. The maximum Gasteiger partial charge on any atom is 0.405 e. The van der Waals surface area contributed by atoms with E-state index in [4.69, 9.17) is 14.5 Å². The van der Waals surface area contributed by atoms with Gasteiger partial charge in [0.2, 0.25) is 27.7 Å². The first kappa shape index (κ1) is 36.9. The first-order chi connectivity index (χ1) is 25.3. The Kier molecular flexibility index (Phi) is 9.79. The number of ether oxygens (including phenoxy) is 2. The molecule has 0 unspecified atom stereocenters. The molecule has 2 aromatic rings. The summed E-state index contributed by atoms with van der Waals surface area (Å²) in [4.78, 5) is 60.7. The van der Waals surface area contributed by atoms with Crippen LogP contribution in [0.1, 0.15) is 70.9 Å². The van der Waals surface area contributed by atoms with Crippen LogP contribution >= 0.6 is 0 Å². The van der Waals surface area contributed by atoms with Gasteiger partial charge >= 0.3 is 6.09 Å². The maximum absolute atomic E-state index is 14.4. The molecule has 1 aromatic carbocycles. The molecule has 0 radical (unpaired) electrons. The van der Waals surface area contributed by atoms with E-state index in [1.54, 1.807) is 13.0 Å². The molecule has 4 amide bonds. The highest BCUT2D eigenvalue weighted by molar-refractivity contribution is 7.91. The fraction of sp³-hybridized carbons (Fsp3) is 0.595. The number of nitrogens with one attached hydrogen (secondary N) is 3. The molecule has 4 N–H and O–H groups in total. The highest BCUT2D eigenvalue weighted by atomic mass is 32.2. The Morgan fingerprint density at radius 1 is 1.17 bits per heavy atom. The number of sulfonamides is 1. The van der Waals surface area contributed by atoms with Gasteiger partial charge in [0, 0.05) is 23.1 Å². The summed E-state index contributed by atoms with van der Waals surface area (Å²) in [7, 11) is -4.38. The number of carbonyl (C=O) groups excluding carboxylic acids is 3. The van der Waals surface area contributed by atoms with Gasteiger partial charge in [-0.2, -0.15) is 0 Å². The molecule has 1 aromatic heterocycles. The Bertz CT molecular complexity index is 1960. The molecule has 7 atom stereocenters. The minimum Gasteiger partial charge on any atom is -0.491 e. The number of nitrogens with zero attached hydrogens (tertiary/aromatic N) is 2. The Hall–Kier alpha value is -4.47. The zero-order valence-corrected chi connectivity index (χ0v) is 30.6. The Morgan fingerprint density at radius 3 is 2.64 bits per heavy atom. The molecule has 0 bridgehead atoms. The van der Waals surface area contributed by atoms with Crippen LogP contribution in [0.25, 0.3) is 10.8 Å². The van der Waals surface area contributed by atoms with Crippen molar-refractivity contribution < 1.29 is 46.6 Å². The number of rotatable bonds is 7. The second-order valence-electron chi connectivity index (χ2n) is 15.4. The molecular formula is C37H46FN5O9S. The predicted molar refractivity (Wildman–Crippen MR) is 190 cm³/mol. The number of carbonyl (C=O) groups is 4. The van der Waals surface area contributed by atoms with Crippen molar-refractivity contribution in [1.29, 1.82) is 0 Å². The van der Waals surface area contributed by atoms with Gasteiger partial charge in [0.25, 0.3) is 5.91 Å². The summed E-state index contributed by atoms with van der Waals surface area (Å²) in [5.74, 6) is -2.19. The zero-order chi connectivity index (χ0) is 37.7. The van der Waals surface area contributed by atoms with E-state index in [0.717, 1.165) is 17.5 Å². The van der Waals surface area contributed by atoms with E-state index in [1.807, 2.05) is 37.3 Å². The number of benzene rings is 1. The summed E-state index contributed by atoms with van der Waals surface area (Å²) in [6, 6.07) is 5.10. The fourth-order valence-corrected chi connectivity index (χ4v) is 9.56. The molecule has 286 valence electrons. The summed E-state index contributed by atoms with van der Waals surface area (Å²) >= 11 is 0. The topological polar surface area (TPSA) is 193 Å². The van der Waals surface area contributed by atoms with Crippen LogP contribution in [0, 0.1) is 17.8 Å². The number of amides is 4. The van der Waals surface area contributed by atoms with Crippen LogP contribution in [0.3, 0.4) is 0 Å². The number of aromatic nitrogens is 1. The summed E-state index contributed by atoms with van der Waals surface area (Å²) in [6.45, 7) is 3.15. The van der Waals surface area contributed by atoms with Gasteiger partial charge in [-0.3, -0.25) is 19.1 Å². The van der Waals surface area contributed by atoms with Crippen molar-refractivity contribution in [2.75, 3.05) is 19.8 Å². The van der Waals surface area contributed by atoms with Crippen molar-refractivity contribution in [3.05, 3.63) is 42.1 Å². The van der Waals surface area contributed by atoms with Crippen LogP contribution < -0.4 is 24.8 Å². The molecule has 53 heavy (non-hydrogen) atoms. The molecule has 2 saturated carbocycles. The summed E-state index contributed by atoms with van der Waals surface area (Å²) in [5.41, 5.74) is -0.925. The highest BCUT2D eigenvalue weighted by Crippen LogP contribution is 2.48. The normalized spacial score (nSPS) is 31.0. The highest BCUT2D eigenvalue weighted by Gasteiger charge is 2.64. The number of alkyl halides is 1. The van der Waals surface area contributed by atoms with Gasteiger partial charge in [-0.05, 0) is 69.3 Å². The number of hydrogen-bond donors (Lipinski definition) is 4. The van der Waals surface area contributed by atoms with Crippen LogP contribution in [-0.2, 0) is 30.8 Å². The molecule has 4 heterocycles. The fourth-order valence-electron chi connectivity index (χ4n) is 8.13. The van der Waals surface area contributed by atoms with Gasteiger partial charge in [-0.15, -0.1) is 0 Å². The Morgan fingerprint density at radius 2 is 1.92 bits per heavy atom. The van der Waals surface area contributed by atoms with Gasteiger partial charge < -0.3 is 30.1 Å². The number of pyridine rings is 1. The van der Waals surface area contributed by atoms with Crippen LogP contribution in [0.4, 0.5) is 9.18 Å². The van der Waals surface area contributed by atoms with Crippen molar-refractivity contribution in [2.24, 2.45) is 17.8 Å². The number of allylic oxidation sites excluding steroid dienone is 1. The quantitative estimate of drug-likeness (QED) is 0.305. The Labute approximate surface area is 307 Å². The van der Waals surface area contributed by atoms with Crippen molar-refractivity contribution >= 4 is 44.6 Å². The second-order valence-corrected chi connectivity index (χ2v) is 17.5. The third kappa shape index (κ3) is 7.01. The average molecular weight is 756 g/mol. The molecule has 16 heteroatoms. The largest absolute Gasteiger partial charge is 0.491 e. The molecule has 2 aliphatic carbocycles. The van der Waals surface area contributed by atoms with Gasteiger partial charge in [0.1, 0.15) is 40.9 Å². The molecule has 7 rings (SSSR count). The van der Waals surface area contributed by atoms with E-state index < -0.39 is 80.8 Å². The second kappa shape index (κ2) is 14.1. The minimum atomic E-state index is -4.38. The Balaban J connectivity index is 1.23. The van der Waals surface area contributed by atoms with Crippen LogP contribution in [-0.4, -0.2) is 95.5 Å². The van der Waals surface area contributed by atoms with E-state index in [1.165, 1.54) is 4.90 Å². The van der Waals surface area contributed by atoms with Gasteiger partial charge in [0.15, 0.2) is 0 Å². The van der Waals surface area contributed by atoms with E-state index in [9.17, 15) is 37.1 Å². The number of fused-ring (bicyclic) bond motifs is 5. The molecule has 1 saturated heterocycles. The summed E-state index contributed by atoms with van der Waals surface area (Å²) in [5, 5.41) is 16.5. The average Bonchev–Trinajstić information content (AvgIpc) is 4.03. The lowest BCUT2D eigenvalue weighted by atomic mass is 9.88. The first-order valence-electron chi connectivity index (χ1n) is 18.4. The van der Waals surface area contributed by atoms with Gasteiger partial charge in [-0.1, -0.05) is 44.2 Å². The number of halogens is 1. The van der Waals surface area contributed by atoms with Crippen LogP contribution in [0.15, 0.2) is 36.4 Å². The van der Waals surface area contributed by atoms with Crippen LogP contribution in [0.2, 0.25) is 0 Å². The van der Waals surface area contributed by atoms with Gasteiger partial charge in [0.05, 0.1) is 18.8 Å². The zero-order valence-electron chi connectivity index (χ0n) is 29.8. The van der Waals surface area contributed by atoms with Crippen molar-refractivity contribution in [1.82, 2.24) is 25.2 Å². The first-order valence-corrected chi connectivity index (χ1v) is 19.9. The third-order valence-electron chi connectivity index (χ3n) is 11.5. The van der Waals surface area contributed by atoms with E-state index in [0.29, 0.717) is 49.3 Å². The van der Waals surface area contributed by atoms with E-state index in [-0.39, 0.29) is 38.1 Å². The monoisotopic (exact) mass is 755 g/mol. The molecular weight excluding hydrogens is 709 g/mol. The molecule has 14 nitrogen and oxygen atoms in total.